The van der Waals surface area contributed by atoms with Crippen LogP contribution in [-0.2, 0) is 16.7 Å². The van der Waals surface area contributed by atoms with E-state index in [-0.39, 0.29) is 5.54 Å². The molecule has 5 nitrogen and oxygen atoms in total. The molecule has 0 saturated heterocycles. The SMILES string of the molecule is CCCOCCc1nc(C2(N)CCCCC2)no1. The normalized spacial score (nSPS) is 19.0. The molecule has 5 heteroatoms. The van der Waals surface area contributed by atoms with E-state index in [1.807, 2.05) is 0 Å². The lowest BCUT2D eigenvalue weighted by atomic mass is 9.82. The third-order valence-corrected chi connectivity index (χ3v) is 3.47. The van der Waals surface area contributed by atoms with Gasteiger partial charge < -0.3 is 15.0 Å². The molecule has 0 atom stereocenters. The number of hydrogen-bond acceptors (Lipinski definition) is 5. The Balaban J connectivity index is 1.88. The highest BCUT2D eigenvalue weighted by Gasteiger charge is 2.34. The first kappa shape index (κ1) is 13.5. The van der Waals surface area contributed by atoms with Gasteiger partial charge in [-0.25, -0.2) is 0 Å². The third-order valence-electron chi connectivity index (χ3n) is 3.47. The predicted octanol–water partition coefficient (Wildman–Crippen LogP) is 2.16. The van der Waals surface area contributed by atoms with Crippen LogP contribution in [-0.4, -0.2) is 23.4 Å². The van der Waals surface area contributed by atoms with Crippen molar-refractivity contribution in [2.45, 2.75) is 57.4 Å². The Labute approximate surface area is 108 Å². The molecule has 0 radical (unpaired) electrons. The predicted molar refractivity (Wildman–Crippen MR) is 68.1 cm³/mol. The van der Waals surface area contributed by atoms with Crippen LogP contribution in [0.2, 0.25) is 0 Å². The van der Waals surface area contributed by atoms with Crippen molar-refractivity contribution in [3.8, 4) is 0 Å². The van der Waals surface area contributed by atoms with E-state index >= 15 is 0 Å². The summed E-state index contributed by atoms with van der Waals surface area (Å²) < 4.78 is 10.6. The molecular weight excluding hydrogens is 230 g/mol. The van der Waals surface area contributed by atoms with E-state index in [0.29, 0.717) is 24.7 Å². The highest BCUT2D eigenvalue weighted by molar-refractivity contribution is 5.05. The summed E-state index contributed by atoms with van der Waals surface area (Å²) >= 11 is 0. The number of aromatic nitrogens is 2. The van der Waals surface area contributed by atoms with Crippen LogP contribution in [0.25, 0.3) is 0 Å². The van der Waals surface area contributed by atoms with Crippen LogP contribution in [0.3, 0.4) is 0 Å². The molecule has 0 spiro atoms. The molecule has 1 aliphatic rings. The first-order valence-electron chi connectivity index (χ1n) is 6.94. The van der Waals surface area contributed by atoms with Crippen molar-refractivity contribution in [2.24, 2.45) is 5.73 Å². The van der Waals surface area contributed by atoms with E-state index in [1.165, 1.54) is 6.42 Å². The number of rotatable bonds is 6. The van der Waals surface area contributed by atoms with Crippen LogP contribution in [0, 0.1) is 0 Å². The van der Waals surface area contributed by atoms with E-state index in [0.717, 1.165) is 38.7 Å². The van der Waals surface area contributed by atoms with Crippen molar-refractivity contribution in [1.82, 2.24) is 10.1 Å². The smallest absolute Gasteiger partial charge is 0.229 e. The maximum absolute atomic E-state index is 6.35. The van der Waals surface area contributed by atoms with E-state index in [4.69, 9.17) is 15.0 Å². The largest absolute Gasteiger partial charge is 0.381 e. The molecule has 102 valence electrons. The Bertz CT molecular complexity index is 359. The highest BCUT2D eigenvalue weighted by Crippen LogP contribution is 2.32. The van der Waals surface area contributed by atoms with Crippen molar-refractivity contribution in [3.63, 3.8) is 0 Å². The van der Waals surface area contributed by atoms with Gasteiger partial charge >= 0.3 is 0 Å². The number of hydrogen-bond donors (Lipinski definition) is 1. The van der Waals surface area contributed by atoms with E-state index < -0.39 is 0 Å². The summed E-state index contributed by atoms with van der Waals surface area (Å²) in [5.74, 6) is 1.31. The third kappa shape index (κ3) is 3.29. The molecule has 1 heterocycles. The summed E-state index contributed by atoms with van der Waals surface area (Å²) in [4.78, 5) is 4.42. The number of nitrogens with two attached hydrogens (primary N) is 1. The molecular formula is C13H23N3O2. The van der Waals surface area contributed by atoms with Crippen LogP contribution >= 0.6 is 0 Å². The average molecular weight is 253 g/mol. The Morgan fingerprint density at radius 1 is 1.28 bits per heavy atom. The Morgan fingerprint density at radius 2 is 2.06 bits per heavy atom. The summed E-state index contributed by atoms with van der Waals surface area (Å²) in [6.07, 6.45) is 7.18. The molecule has 1 fully saturated rings. The van der Waals surface area contributed by atoms with Crippen LogP contribution in [0.4, 0.5) is 0 Å². The highest BCUT2D eigenvalue weighted by atomic mass is 16.5. The summed E-state index contributed by atoms with van der Waals surface area (Å²) in [7, 11) is 0. The van der Waals surface area contributed by atoms with Gasteiger partial charge in [0.1, 0.15) is 0 Å². The van der Waals surface area contributed by atoms with Crippen LogP contribution in [0.1, 0.15) is 57.2 Å². The van der Waals surface area contributed by atoms with E-state index in [9.17, 15) is 0 Å². The van der Waals surface area contributed by atoms with Crippen molar-refractivity contribution >= 4 is 0 Å². The molecule has 1 aliphatic carbocycles. The monoisotopic (exact) mass is 253 g/mol. The van der Waals surface area contributed by atoms with Gasteiger partial charge in [-0.1, -0.05) is 31.3 Å². The van der Waals surface area contributed by atoms with Gasteiger partial charge in [0.25, 0.3) is 0 Å². The van der Waals surface area contributed by atoms with Crippen molar-refractivity contribution in [1.29, 1.82) is 0 Å². The second-order valence-electron chi connectivity index (χ2n) is 5.09. The zero-order valence-corrected chi connectivity index (χ0v) is 11.2. The molecule has 1 aromatic rings. The fraction of sp³-hybridized carbons (Fsp3) is 0.846. The lowest BCUT2D eigenvalue weighted by Gasteiger charge is -2.29. The van der Waals surface area contributed by atoms with Gasteiger partial charge in [0, 0.05) is 6.61 Å². The minimum atomic E-state index is -0.371. The maximum Gasteiger partial charge on any atom is 0.229 e. The lowest BCUT2D eigenvalue weighted by Crippen LogP contribution is -2.39. The van der Waals surface area contributed by atoms with Crippen LogP contribution < -0.4 is 5.73 Å². The summed E-state index contributed by atoms with van der Waals surface area (Å²) in [6, 6.07) is 0. The zero-order chi connectivity index (χ0) is 12.8. The maximum atomic E-state index is 6.35. The molecule has 0 aromatic carbocycles. The standard InChI is InChI=1S/C13H23N3O2/c1-2-9-17-10-6-11-15-12(16-18-11)13(14)7-4-3-5-8-13/h2-10,14H2,1H3. The molecule has 0 bridgehead atoms. The van der Waals surface area contributed by atoms with Gasteiger partial charge in [-0.15, -0.1) is 0 Å². The van der Waals surface area contributed by atoms with Gasteiger partial charge in [0.2, 0.25) is 5.89 Å². The average Bonchev–Trinajstić information content (AvgIpc) is 2.85. The molecule has 0 amide bonds. The number of nitrogens with zero attached hydrogens (tertiary/aromatic N) is 2. The second-order valence-corrected chi connectivity index (χ2v) is 5.09. The minimum Gasteiger partial charge on any atom is -0.381 e. The fourth-order valence-electron chi connectivity index (χ4n) is 2.37. The molecule has 0 aliphatic heterocycles. The van der Waals surface area contributed by atoms with Gasteiger partial charge in [0.15, 0.2) is 5.82 Å². The zero-order valence-electron chi connectivity index (χ0n) is 11.2. The minimum absolute atomic E-state index is 0.371. The quantitative estimate of drug-likeness (QED) is 0.786. The first-order chi connectivity index (χ1) is 8.74. The molecule has 1 aromatic heterocycles. The van der Waals surface area contributed by atoms with Gasteiger partial charge in [-0.2, -0.15) is 4.98 Å². The Morgan fingerprint density at radius 3 is 2.78 bits per heavy atom. The van der Waals surface area contributed by atoms with E-state index in [1.54, 1.807) is 0 Å². The lowest BCUT2D eigenvalue weighted by molar-refractivity contribution is 0.132. The first-order valence-corrected chi connectivity index (χ1v) is 6.94. The summed E-state index contributed by atoms with van der Waals surface area (Å²) in [5, 5.41) is 4.04. The molecule has 2 rings (SSSR count). The van der Waals surface area contributed by atoms with Crippen molar-refractivity contribution in [2.75, 3.05) is 13.2 Å². The molecule has 18 heavy (non-hydrogen) atoms. The second kappa shape index (κ2) is 6.29. The summed E-state index contributed by atoms with van der Waals surface area (Å²) in [5.41, 5.74) is 5.98. The van der Waals surface area contributed by atoms with Crippen molar-refractivity contribution in [3.05, 3.63) is 11.7 Å². The molecule has 0 unspecified atom stereocenters. The van der Waals surface area contributed by atoms with Crippen molar-refractivity contribution < 1.29 is 9.26 Å². The van der Waals surface area contributed by atoms with E-state index in [2.05, 4.69) is 17.1 Å². The number of ether oxygens (including phenoxy) is 1. The van der Waals surface area contributed by atoms with Gasteiger partial charge in [-0.05, 0) is 19.3 Å². The van der Waals surface area contributed by atoms with Gasteiger partial charge in [0.05, 0.1) is 18.6 Å². The fourth-order valence-corrected chi connectivity index (χ4v) is 2.37. The summed E-state index contributed by atoms with van der Waals surface area (Å²) in [6.45, 7) is 3.50. The van der Waals surface area contributed by atoms with Gasteiger partial charge in [-0.3, -0.25) is 0 Å². The topological polar surface area (TPSA) is 74.2 Å². The Hall–Kier alpha value is -0.940. The Kier molecular flexibility index (Phi) is 4.72. The molecule has 1 saturated carbocycles. The van der Waals surface area contributed by atoms with Crippen LogP contribution in [0.15, 0.2) is 4.52 Å². The van der Waals surface area contributed by atoms with Crippen LogP contribution in [0.5, 0.6) is 0 Å². The molecule has 2 N–H and O–H groups in total.